The van der Waals surface area contributed by atoms with E-state index in [1.165, 1.54) is 0 Å². The van der Waals surface area contributed by atoms with Gasteiger partial charge in [0, 0.05) is 23.9 Å². The standard InChI is InChI=1S/C18H19N7O2/c19-5-7-21-13-11-12(14(22-8-6-20)16-15(13)23-25-24-16)18(27)10-4-2-1-3-9(10)17(11)26/h1-4,23-25H,5-8,19-20H2. The molecule has 4 rings (SSSR count). The molecule has 0 saturated heterocycles. The Morgan fingerprint density at radius 3 is 1.63 bits per heavy atom. The molecule has 7 N–H and O–H groups in total. The molecule has 0 bridgehead atoms. The third kappa shape index (κ3) is 2.56. The van der Waals surface area contributed by atoms with Gasteiger partial charge in [0.15, 0.2) is 10.9 Å². The highest BCUT2D eigenvalue weighted by Crippen LogP contribution is 2.11. The number of aromatic nitrogens is 3. The maximum atomic E-state index is 13.3. The van der Waals surface area contributed by atoms with Crippen LogP contribution in [0.15, 0.2) is 43.8 Å². The molecule has 0 atom stereocenters. The monoisotopic (exact) mass is 365 g/mol. The Balaban J connectivity index is 2.43. The summed E-state index contributed by atoms with van der Waals surface area (Å²) in [5.74, 6) is 0. The molecule has 9 heteroatoms. The number of rotatable bonds is 4. The zero-order valence-corrected chi connectivity index (χ0v) is 14.5. The van der Waals surface area contributed by atoms with Crippen molar-refractivity contribution in [3.8, 4) is 0 Å². The zero-order chi connectivity index (χ0) is 19.0. The van der Waals surface area contributed by atoms with Gasteiger partial charge < -0.3 is 11.5 Å². The van der Waals surface area contributed by atoms with Crippen molar-refractivity contribution in [2.24, 2.45) is 21.5 Å². The highest BCUT2D eigenvalue weighted by Gasteiger charge is 2.18. The first kappa shape index (κ1) is 17.1. The van der Waals surface area contributed by atoms with E-state index in [4.69, 9.17) is 11.5 Å². The molecule has 27 heavy (non-hydrogen) atoms. The van der Waals surface area contributed by atoms with Crippen LogP contribution < -0.4 is 33.0 Å². The number of aromatic amines is 3. The fraction of sp³-hybridized carbons (Fsp3) is 0.222. The van der Waals surface area contributed by atoms with Gasteiger partial charge in [-0.05, 0) is 0 Å². The van der Waals surface area contributed by atoms with Crippen LogP contribution in [0.25, 0.3) is 32.6 Å². The first-order valence-corrected chi connectivity index (χ1v) is 8.63. The lowest BCUT2D eigenvalue weighted by molar-refractivity contribution is 0.936. The van der Waals surface area contributed by atoms with Crippen molar-refractivity contribution in [1.29, 1.82) is 0 Å². The third-order valence-electron chi connectivity index (χ3n) is 4.49. The Hall–Kier alpha value is -3.30. The van der Waals surface area contributed by atoms with E-state index in [9.17, 15) is 9.59 Å². The number of nitrogens with zero attached hydrogens (tertiary/aromatic N) is 2. The molecule has 0 radical (unpaired) electrons. The van der Waals surface area contributed by atoms with Crippen LogP contribution >= 0.6 is 0 Å². The van der Waals surface area contributed by atoms with Gasteiger partial charge in [0.2, 0.25) is 0 Å². The normalized spacial score (nSPS) is 13.4. The topological polar surface area (TPSA) is 158 Å². The average Bonchev–Trinajstić information content (AvgIpc) is 3.18. The van der Waals surface area contributed by atoms with E-state index in [0.29, 0.717) is 58.7 Å². The molecular weight excluding hydrogens is 346 g/mol. The molecule has 3 aromatic carbocycles. The van der Waals surface area contributed by atoms with E-state index in [-0.39, 0.29) is 21.6 Å². The molecule has 0 saturated carbocycles. The zero-order valence-electron chi connectivity index (χ0n) is 14.5. The SMILES string of the molecule is NCCN=c1c2[nH][nH][nH]c2c(=NCCN)c2c(=O)c3ccccc3c(=O)c12. The molecular formula is C18H19N7O2. The maximum absolute atomic E-state index is 13.3. The minimum Gasteiger partial charge on any atom is -0.329 e. The van der Waals surface area contributed by atoms with Crippen molar-refractivity contribution in [2.45, 2.75) is 0 Å². The summed E-state index contributed by atoms with van der Waals surface area (Å²) in [6.45, 7) is 1.29. The Morgan fingerprint density at radius 1 is 0.778 bits per heavy atom. The molecule has 1 aromatic heterocycles. The summed E-state index contributed by atoms with van der Waals surface area (Å²) in [4.78, 5) is 35.5. The Morgan fingerprint density at radius 2 is 1.22 bits per heavy atom. The molecule has 0 spiro atoms. The Bertz CT molecular complexity index is 1290. The van der Waals surface area contributed by atoms with Gasteiger partial charge in [-0.3, -0.25) is 29.8 Å². The lowest BCUT2D eigenvalue weighted by Gasteiger charge is -2.04. The molecule has 4 aromatic rings. The molecule has 0 aliphatic carbocycles. The first-order chi connectivity index (χ1) is 13.2. The van der Waals surface area contributed by atoms with Gasteiger partial charge in [-0.25, -0.2) is 5.21 Å². The van der Waals surface area contributed by atoms with Crippen molar-refractivity contribution in [2.75, 3.05) is 26.2 Å². The Kier molecular flexibility index (Phi) is 4.30. The van der Waals surface area contributed by atoms with Crippen molar-refractivity contribution in [3.63, 3.8) is 0 Å². The summed E-state index contributed by atoms with van der Waals surface area (Å²) >= 11 is 0. The van der Waals surface area contributed by atoms with Crippen LogP contribution in [0.5, 0.6) is 0 Å². The van der Waals surface area contributed by atoms with E-state index in [1.807, 2.05) is 0 Å². The summed E-state index contributed by atoms with van der Waals surface area (Å²) in [5.41, 5.74) is 11.8. The second-order valence-corrected chi connectivity index (χ2v) is 6.12. The Labute approximate surface area is 151 Å². The van der Waals surface area contributed by atoms with Gasteiger partial charge in [0.05, 0.1) is 34.6 Å². The highest BCUT2D eigenvalue weighted by molar-refractivity contribution is 6.02. The highest BCUT2D eigenvalue weighted by atomic mass is 16.1. The number of nitrogens with two attached hydrogens (primary N) is 2. The smallest absolute Gasteiger partial charge is 0.196 e. The first-order valence-electron chi connectivity index (χ1n) is 8.63. The quantitative estimate of drug-likeness (QED) is 0.294. The van der Waals surface area contributed by atoms with Crippen molar-refractivity contribution >= 4 is 32.6 Å². The number of H-pyrrole nitrogens is 3. The van der Waals surface area contributed by atoms with Crippen LogP contribution in [0.1, 0.15) is 0 Å². The van der Waals surface area contributed by atoms with Gasteiger partial charge in [-0.15, -0.1) is 0 Å². The summed E-state index contributed by atoms with van der Waals surface area (Å²) in [5, 5.41) is 10.7. The second-order valence-electron chi connectivity index (χ2n) is 6.12. The van der Waals surface area contributed by atoms with Crippen LogP contribution in [0.3, 0.4) is 0 Å². The summed E-state index contributed by atoms with van der Waals surface area (Å²) in [7, 11) is 0. The van der Waals surface area contributed by atoms with Crippen LogP contribution in [-0.2, 0) is 0 Å². The summed E-state index contributed by atoms with van der Waals surface area (Å²) < 4.78 is 0. The lowest BCUT2D eigenvalue weighted by Crippen LogP contribution is -2.29. The molecule has 9 nitrogen and oxygen atoms in total. The third-order valence-corrected chi connectivity index (χ3v) is 4.49. The number of nitrogens with one attached hydrogen (secondary N) is 3. The van der Waals surface area contributed by atoms with Crippen LogP contribution in [0.2, 0.25) is 0 Å². The molecule has 0 unspecified atom stereocenters. The summed E-state index contributed by atoms with van der Waals surface area (Å²) in [6.07, 6.45) is 0. The van der Waals surface area contributed by atoms with Gasteiger partial charge in [0.1, 0.15) is 11.0 Å². The minimum atomic E-state index is -0.253. The number of hydrogen-bond donors (Lipinski definition) is 5. The van der Waals surface area contributed by atoms with Crippen molar-refractivity contribution in [1.82, 2.24) is 15.4 Å². The predicted octanol–water partition coefficient (Wildman–Crippen LogP) is -0.992. The molecule has 0 aliphatic heterocycles. The molecule has 0 aliphatic rings. The van der Waals surface area contributed by atoms with Gasteiger partial charge in [-0.2, -0.15) is 0 Å². The molecule has 0 amide bonds. The van der Waals surface area contributed by atoms with Gasteiger partial charge in [-0.1, -0.05) is 24.3 Å². The van der Waals surface area contributed by atoms with E-state index in [0.717, 1.165) is 0 Å². The largest absolute Gasteiger partial charge is 0.329 e. The fourth-order valence-corrected chi connectivity index (χ4v) is 3.38. The maximum Gasteiger partial charge on any atom is 0.196 e. The number of benzene rings is 3. The van der Waals surface area contributed by atoms with E-state index < -0.39 is 0 Å². The second kappa shape index (κ2) is 6.78. The van der Waals surface area contributed by atoms with Crippen molar-refractivity contribution < 1.29 is 0 Å². The summed E-state index contributed by atoms with van der Waals surface area (Å²) in [6, 6.07) is 6.78. The molecule has 0 fully saturated rings. The minimum absolute atomic E-state index is 0.250. The average molecular weight is 365 g/mol. The van der Waals surface area contributed by atoms with Crippen molar-refractivity contribution in [3.05, 3.63) is 55.4 Å². The van der Waals surface area contributed by atoms with Crippen LogP contribution in [0, 0.1) is 0 Å². The fourth-order valence-electron chi connectivity index (χ4n) is 3.38. The molecule has 1 heterocycles. The number of hydrogen-bond acceptors (Lipinski definition) is 6. The van der Waals surface area contributed by atoms with Gasteiger partial charge in [0.25, 0.3) is 0 Å². The van der Waals surface area contributed by atoms with Gasteiger partial charge >= 0.3 is 0 Å². The van der Waals surface area contributed by atoms with E-state index in [2.05, 4.69) is 25.4 Å². The predicted molar refractivity (Wildman–Crippen MR) is 105 cm³/mol. The number of fused-ring (bicyclic) bond motifs is 3. The van der Waals surface area contributed by atoms with E-state index >= 15 is 0 Å². The van der Waals surface area contributed by atoms with E-state index in [1.54, 1.807) is 24.3 Å². The lowest BCUT2D eigenvalue weighted by atomic mass is 10.00. The van der Waals surface area contributed by atoms with Crippen LogP contribution in [-0.4, -0.2) is 41.6 Å². The van der Waals surface area contributed by atoms with Crippen LogP contribution in [0.4, 0.5) is 0 Å². The molecule has 138 valence electrons.